The van der Waals surface area contributed by atoms with Gasteiger partial charge >= 0.3 is 6.18 Å². The number of alkyl halides is 3. The Labute approximate surface area is 153 Å². The molecule has 2 N–H and O–H groups in total. The number of hydrogen-bond acceptors (Lipinski definition) is 3. The molecule has 3 rings (SSSR count). The molecule has 0 bridgehead atoms. The van der Waals surface area contributed by atoms with E-state index in [1.165, 1.54) is 24.3 Å². The third-order valence-corrected chi connectivity index (χ3v) is 4.14. The quantitative estimate of drug-likeness (QED) is 0.818. The van der Waals surface area contributed by atoms with E-state index in [0.29, 0.717) is 17.1 Å². The molecule has 0 spiro atoms. The first kappa shape index (κ1) is 18.8. The minimum atomic E-state index is -4.53. The highest BCUT2D eigenvalue weighted by molar-refractivity contribution is 6.05. The lowest BCUT2D eigenvalue weighted by molar-refractivity contribution is -0.137. The number of rotatable bonds is 2. The van der Waals surface area contributed by atoms with Crippen LogP contribution in [0.25, 0.3) is 0 Å². The fourth-order valence-electron chi connectivity index (χ4n) is 2.48. The number of benzene rings is 2. The highest BCUT2D eigenvalue weighted by Crippen LogP contribution is 2.34. The van der Waals surface area contributed by atoms with Crippen LogP contribution in [0.3, 0.4) is 0 Å². The van der Waals surface area contributed by atoms with Crippen LogP contribution in [0.4, 0.5) is 24.5 Å². The normalized spacial score (nSPS) is 15.8. The van der Waals surface area contributed by atoms with Crippen LogP contribution in [0, 0.1) is 5.41 Å². The van der Waals surface area contributed by atoms with Crippen LogP contribution < -0.4 is 15.4 Å². The molecule has 1 aliphatic rings. The molecule has 5 nitrogen and oxygen atoms in total. The molecule has 1 aliphatic heterocycles. The maximum absolute atomic E-state index is 12.8. The molecule has 27 heavy (non-hydrogen) atoms. The molecule has 0 atom stereocenters. The van der Waals surface area contributed by atoms with E-state index in [1.54, 1.807) is 19.9 Å². The number of anilines is 2. The molecular formula is C19H17F3N2O3. The first-order chi connectivity index (χ1) is 12.6. The van der Waals surface area contributed by atoms with Crippen molar-refractivity contribution < 1.29 is 27.5 Å². The van der Waals surface area contributed by atoms with Gasteiger partial charge in [-0.15, -0.1) is 0 Å². The van der Waals surface area contributed by atoms with Gasteiger partial charge in [0, 0.05) is 17.3 Å². The summed E-state index contributed by atoms with van der Waals surface area (Å²) in [6, 6.07) is 8.78. The van der Waals surface area contributed by atoms with Gasteiger partial charge in [-0.2, -0.15) is 13.2 Å². The number of amides is 2. The van der Waals surface area contributed by atoms with Crippen LogP contribution in [0.2, 0.25) is 0 Å². The van der Waals surface area contributed by atoms with Crippen molar-refractivity contribution in [1.82, 2.24) is 0 Å². The first-order valence-corrected chi connectivity index (χ1v) is 8.13. The summed E-state index contributed by atoms with van der Waals surface area (Å²) in [6.07, 6.45) is -4.53. The van der Waals surface area contributed by atoms with Crippen LogP contribution in [0.15, 0.2) is 42.5 Å². The summed E-state index contributed by atoms with van der Waals surface area (Å²) in [5, 5.41) is 5.29. The van der Waals surface area contributed by atoms with E-state index < -0.39 is 23.1 Å². The highest BCUT2D eigenvalue weighted by Gasteiger charge is 2.33. The first-order valence-electron chi connectivity index (χ1n) is 8.13. The van der Waals surface area contributed by atoms with Gasteiger partial charge in [-0.3, -0.25) is 9.59 Å². The number of carbonyl (C=O) groups is 2. The highest BCUT2D eigenvalue weighted by atomic mass is 19.4. The monoisotopic (exact) mass is 378 g/mol. The number of carbonyl (C=O) groups excluding carboxylic acids is 2. The summed E-state index contributed by atoms with van der Waals surface area (Å²) < 4.78 is 44.0. The summed E-state index contributed by atoms with van der Waals surface area (Å²) in [5.41, 5.74) is -0.936. The molecule has 0 saturated heterocycles. The van der Waals surface area contributed by atoms with E-state index in [-0.39, 0.29) is 18.1 Å². The van der Waals surface area contributed by atoms with Gasteiger partial charge in [0.2, 0.25) is 5.91 Å². The third kappa shape index (κ3) is 4.05. The van der Waals surface area contributed by atoms with Gasteiger partial charge < -0.3 is 15.4 Å². The van der Waals surface area contributed by atoms with Crippen molar-refractivity contribution in [2.75, 3.05) is 17.2 Å². The average molecular weight is 378 g/mol. The fraction of sp³-hybridized carbons (Fsp3) is 0.263. The maximum atomic E-state index is 12.8. The van der Waals surface area contributed by atoms with Gasteiger partial charge in [0.15, 0.2) is 0 Å². The third-order valence-electron chi connectivity index (χ3n) is 4.14. The van der Waals surface area contributed by atoms with Crippen LogP contribution in [-0.4, -0.2) is 18.4 Å². The van der Waals surface area contributed by atoms with E-state index in [4.69, 9.17) is 4.74 Å². The molecule has 142 valence electrons. The number of ether oxygens (including phenoxy) is 1. The molecule has 0 aliphatic carbocycles. The molecule has 0 aromatic heterocycles. The summed E-state index contributed by atoms with van der Waals surface area (Å²) in [6.45, 7) is 3.63. The van der Waals surface area contributed by atoms with Crippen LogP contribution in [0.1, 0.15) is 29.8 Å². The molecule has 2 amide bonds. The lowest BCUT2D eigenvalue weighted by Gasteiger charge is -2.18. The van der Waals surface area contributed by atoms with E-state index in [0.717, 1.165) is 12.1 Å². The van der Waals surface area contributed by atoms with Gasteiger partial charge in [0.25, 0.3) is 5.91 Å². The number of nitrogens with one attached hydrogen (secondary N) is 2. The van der Waals surface area contributed by atoms with Crippen LogP contribution >= 0.6 is 0 Å². The molecule has 2 aromatic carbocycles. The Balaban J connectivity index is 1.81. The average Bonchev–Trinajstić information content (AvgIpc) is 2.71. The van der Waals surface area contributed by atoms with Crippen molar-refractivity contribution in [1.29, 1.82) is 0 Å². The summed E-state index contributed by atoms with van der Waals surface area (Å²) in [5.74, 6) is -0.503. The molecule has 0 fully saturated rings. The van der Waals surface area contributed by atoms with Crippen LogP contribution in [-0.2, 0) is 11.0 Å². The second-order valence-electron chi connectivity index (χ2n) is 6.87. The summed E-state index contributed by atoms with van der Waals surface area (Å²) >= 11 is 0. The Morgan fingerprint density at radius 3 is 2.63 bits per heavy atom. The second kappa shape index (κ2) is 6.61. The van der Waals surface area contributed by atoms with E-state index >= 15 is 0 Å². The molecular weight excluding hydrogens is 361 g/mol. The van der Waals surface area contributed by atoms with Crippen molar-refractivity contribution in [3.63, 3.8) is 0 Å². The Morgan fingerprint density at radius 2 is 1.93 bits per heavy atom. The molecule has 0 saturated carbocycles. The molecule has 0 unspecified atom stereocenters. The van der Waals surface area contributed by atoms with Crippen LogP contribution in [0.5, 0.6) is 5.75 Å². The zero-order valence-electron chi connectivity index (χ0n) is 14.6. The summed E-state index contributed by atoms with van der Waals surface area (Å²) in [7, 11) is 0. The van der Waals surface area contributed by atoms with Crippen molar-refractivity contribution in [3.8, 4) is 5.75 Å². The van der Waals surface area contributed by atoms with Gasteiger partial charge in [-0.25, -0.2) is 0 Å². The van der Waals surface area contributed by atoms with E-state index in [2.05, 4.69) is 10.6 Å². The Kier molecular flexibility index (Phi) is 4.59. The number of halogens is 3. The minimum Gasteiger partial charge on any atom is -0.490 e. The smallest absolute Gasteiger partial charge is 0.416 e. The van der Waals surface area contributed by atoms with Crippen molar-refractivity contribution in [3.05, 3.63) is 53.6 Å². The zero-order chi connectivity index (χ0) is 19.8. The zero-order valence-corrected chi connectivity index (χ0v) is 14.6. The number of hydrogen-bond donors (Lipinski definition) is 2. The lowest BCUT2D eigenvalue weighted by Crippen LogP contribution is -2.33. The fourth-order valence-corrected chi connectivity index (χ4v) is 2.48. The van der Waals surface area contributed by atoms with E-state index in [9.17, 15) is 22.8 Å². The SMILES string of the molecule is CC1(C)COc2cc(NC(=O)c3cccc(C(F)(F)F)c3)ccc2NC1=O. The Hall–Kier alpha value is -3.03. The molecule has 1 heterocycles. The van der Waals surface area contributed by atoms with Gasteiger partial charge in [0.1, 0.15) is 12.4 Å². The van der Waals surface area contributed by atoms with Crippen molar-refractivity contribution >= 4 is 23.2 Å². The van der Waals surface area contributed by atoms with E-state index in [1.807, 2.05) is 0 Å². The second-order valence-corrected chi connectivity index (χ2v) is 6.87. The summed E-state index contributed by atoms with van der Waals surface area (Å²) in [4.78, 5) is 24.4. The molecule has 8 heteroatoms. The molecule has 0 radical (unpaired) electrons. The topological polar surface area (TPSA) is 67.4 Å². The maximum Gasteiger partial charge on any atom is 0.416 e. The lowest BCUT2D eigenvalue weighted by atomic mass is 9.94. The Bertz CT molecular complexity index is 907. The van der Waals surface area contributed by atoms with Gasteiger partial charge in [0.05, 0.1) is 16.7 Å². The minimum absolute atomic E-state index is 0.116. The van der Waals surface area contributed by atoms with Gasteiger partial charge in [-0.05, 0) is 44.2 Å². The largest absolute Gasteiger partial charge is 0.490 e. The van der Waals surface area contributed by atoms with Crippen molar-refractivity contribution in [2.45, 2.75) is 20.0 Å². The van der Waals surface area contributed by atoms with Gasteiger partial charge in [-0.1, -0.05) is 6.07 Å². The predicted octanol–water partition coefficient (Wildman–Crippen LogP) is 4.31. The predicted molar refractivity (Wildman–Crippen MR) is 93.7 cm³/mol. The Morgan fingerprint density at radius 1 is 1.19 bits per heavy atom. The number of fused-ring (bicyclic) bond motifs is 1. The molecule has 2 aromatic rings. The van der Waals surface area contributed by atoms with Crippen molar-refractivity contribution in [2.24, 2.45) is 5.41 Å². The standard InChI is InChI=1S/C19H17F3N2O3/c1-18(2)10-27-15-9-13(6-7-14(15)24-17(18)26)23-16(25)11-4-3-5-12(8-11)19(20,21)22/h3-9H,10H2,1-2H3,(H,23,25)(H,24,26).